The summed E-state index contributed by atoms with van der Waals surface area (Å²) in [7, 11) is 0. The van der Waals surface area contributed by atoms with Gasteiger partial charge in [-0.3, -0.25) is 9.78 Å². The molecule has 0 unspecified atom stereocenters. The highest BCUT2D eigenvalue weighted by molar-refractivity contribution is 6.32. The van der Waals surface area contributed by atoms with Crippen molar-refractivity contribution < 1.29 is 18.7 Å². The first-order valence-electron chi connectivity index (χ1n) is 9.85. The number of aromatic nitrogens is 2. The highest BCUT2D eigenvalue weighted by atomic mass is 35.5. The number of alkyl halides is 2. The molecule has 0 saturated carbocycles. The molecule has 0 bridgehead atoms. The average Bonchev–Trinajstić information content (AvgIpc) is 2.80. The Morgan fingerprint density at radius 2 is 1.94 bits per heavy atom. The van der Waals surface area contributed by atoms with Crippen LogP contribution in [0.4, 0.5) is 14.6 Å². The molecule has 0 aliphatic heterocycles. The maximum atomic E-state index is 14.4. The molecule has 1 aromatic carbocycles. The molecule has 11 heteroatoms. The first-order chi connectivity index (χ1) is 15.7. The quantitative estimate of drug-likeness (QED) is 0.356. The molecule has 5 N–H and O–H groups in total. The Balaban J connectivity index is 1.67. The molecule has 2 heterocycles. The lowest BCUT2D eigenvalue weighted by Crippen LogP contribution is -2.27. The number of hydrogen-bond acceptors (Lipinski definition) is 6. The van der Waals surface area contributed by atoms with Crippen LogP contribution in [0, 0.1) is 0 Å². The number of nitrogens with zero attached hydrogens (tertiary/aromatic N) is 2. The minimum atomic E-state index is -3.28. The van der Waals surface area contributed by atoms with E-state index in [0.717, 1.165) is 11.1 Å². The van der Waals surface area contributed by atoms with E-state index in [-0.39, 0.29) is 36.0 Å². The molecule has 174 valence electrons. The molecule has 7 nitrogen and oxygen atoms in total. The number of halogens is 4. The van der Waals surface area contributed by atoms with E-state index in [1.807, 2.05) is 0 Å². The fourth-order valence-electron chi connectivity index (χ4n) is 3.01. The van der Waals surface area contributed by atoms with Gasteiger partial charge in [0.2, 0.25) is 5.91 Å². The Morgan fingerprint density at radius 3 is 2.64 bits per heavy atom. The van der Waals surface area contributed by atoms with Gasteiger partial charge in [-0.15, -0.1) is 0 Å². The maximum absolute atomic E-state index is 14.4. The Labute approximate surface area is 199 Å². The van der Waals surface area contributed by atoms with Gasteiger partial charge < -0.3 is 21.5 Å². The molecule has 33 heavy (non-hydrogen) atoms. The number of nitrogens with two attached hydrogens (primary N) is 1. The number of aromatic hydroxyl groups is 1. The van der Waals surface area contributed by atoms with Gasteiger partial charge in [0.25, 0.3) is 0 Å². The van der Waals surface area contributed by atoms with E-state index in [4.69, 9.17) is 28.9 Å². The van der Waals surface area contributed by atoms with E-state index in [9.17, 15) is 18.7 Å². The molecule has 2 aromatic heterocycles. The summed E-state index contributed by atoms with van der Waals surface area (Å²) in [5.41, 5.74) is 6.81. The predicted octanol–water partition coefficient (Wildman–Crippen LogP) is 4.01. The van der Waals surface area contributed by atoms with Crippen molar-refractivity contribution >= 4 is 34.9 Å². The molecule has 3 aromatic rings. The van der Waals surface area contributed by atoms with Gasteiger partial charge >= 0.3 is 5.92 Å². The summed E-state index contributed by atoms with van der Waals surface area (Å²) in [6.45, 7) is -0.369. The number of hydrogen-bond donors (Lipinski definition) is 4. The van der Waals surface area contributed by atoms with E-state index in [1.165, 1.54) is 30.5 Å². The third-order valence-electron chi connectivity index (χ3n) is 4.74. The van der Waals surface area contributed by atoms with E-state index in [2.05, 4.69) is 20.6 Å². The largest absolute Gasteiger partial charge is 0.505 e. The first kappa shape index (κ1) is 24.6. The summed E-state index contributed by atoms with van der Waals surface area (Å²) in [5, 5.41) is 15.7. The lowest BCUT2D eigenvalue weighted by atomic mass is 10.1. The van der Waals surface area contributed by atoms with Gasteiger partial charge in [0.15, 0.2) is 5.75 Å². The molecule has 3 rings (SSSR count). The second-order valence-electron chi connectivity index (χ2n) is 7.13. The predicted molar refractivity (Wildman–Crippen MR) is 122 cm³/mol. The van der Waals surface area contributed by atoms with Crippen molar-refractivity contribution in [3.05, 3.63) is 81.2 Å². The van der Waals surface area contributed by atoms with Crippen LogP contribution in [0.5, 0.6) is 5.75 Å². The number of nitrogens with one attached hydrogen (secondary N) is 2. The molecule has 0 fully saturated rings. The standard InChI is InChI=1S/C22H21Cl2F2N5O2/c23-15-5-4-13(10-27)14(7-15)11-29-20(32)9-17-21(33)16(24)8-19(31-17)30-12-22(25,26)18-3-1-2-6-28-18/h1-8,33H,9-12,27H2,(H,29,32)(H,30,31). The van der Waals surface area contributed by atoms with Crippen molar-refractivity contribution in [2.24, 2.45) is 5.73 Å². The van der Waals surface area contributed by atoms with Gasteiger partial charge in [-0.05, 0) is 35.4 Å². The molecule has 0 saturated heterocycles. The van der Waals surface area contributed by atoms with E-state index in [0.29, 0.717) is 5.02 Å². The van der Waals surface area contributed by atoms with Crippen LogP contribution in [0.1, 0.15) is 22.5 Å². The van der Waals surface area contributed by atoms with Crippen molar-refractivity contribution in [1.29, 1.82) is 0 Å². The van der Waals surface area contributed by atoms with Crippen LogP contribution in [-0.4, -0.2) is 27.5 Å². The lowest BCUT2D eigenvalue weighted by molar-refractivity contribution is -0.120. The molecule has 0 aliphatic carbocycles. The third kappa shape index (κ3) is 6.50. The van der Waals surface area contributed by atoms with Crippen LogP contribution in [0.3, 0.4) is 0 Å². The van der Waals surface area contributed by atoms with Crippen molar-refractivity contribution in [1.82, 2.24) is 15.3 Å². The third-order valence-corrected chi connectivity index (χ3v) is 5.27. The van der Waals surface area contributed by atoms with E-state index >= 15 is 0 Å². The van der Waals surface area contributed by atoms with Crippen LogP contribution in [0.2, 0.25) is 10.0 Å². The molecule has 0 radical (unpaired) electrons. The van der Waals surface area contributed by atoms with Crippen LogP contribution < -0.4 is 16.4 Å². The zero-order chi connectivity index (χ0) is 24.0. The smallest absolute Gasteiger partial charge is 0.306 e. The summed E-state index contributed by atoms with van der Waals surface area (Å²) in [5.74, 6) is -4.16. The Hall–Kier alpha value is -3.01. The Bertz CT molecular complexity index is 1130. The van der Waals surface area contributed by atoms with Gasteiger partial charge in [-0.2, -0.15) is 8.78 Å². The Morgan fingerprint density at radius 1 is 1.15 bits per heavy atom. The van der Waals surface area contributed by atoms with Crippen LogP contribution in [0.25, 0.3) is 0 Å². The SMILES string of the molecule is NCc1ccc(Cl)cc1CNC(=O)Cc1nc(NCC(F)(F)c2ccccn2)cc(Cl)c1O. The number of anilines is 1. The number of benzene rings is 1. The summed E-state index contributed by atoms with van der Waals surface area (Å²) in [4.78, 5) is 20.2. The van der Waals surface area contributed by atoms with Crippen molar-refractivity contribution in [3.63, 3.8) is 0 Å². The Kier molecular flexibility index (Phi) is 8.01. The first-order valence-corrected chi connectivity index (χ1v) is 10.6. The molecule has 0 aliphatic rings. The molecule has 1 amide bonds. The maximum Gasteiger partial charge on any atom is 0.306 e. The van der Waals surface area contributed by atoms with Crippen LogP contribution in [0.15, 0.2) is 48.7 Å². The fourth-order valence-corrected chi connectivity index (χ4v) is 3.42. The van der Waals surface area contributed by atoms with Crippen molar-refractivity contribution in [2.75, 3.05) is 11.9 Å². The second-order valence-corrected chi connectivity index (χ2v) is 7.97. The molecule has 0 atom stereocenters. The van der Waals surface area contributed by atoms with Gasteiger partial charge in [0.1, 0.15) is 11.5 Å². The summed E-state index contributed by atoms with van der Waals surface area (Å²) >= 11 is 12.0. The minimum absolute atomic E-state index is 0.0172. The number of pyridine rings is 2. The number of rotatable bonds is 9. The summed E-state index contributed by atoms with van der Waals surface area (Å²) in [6.07, 6.45) is 0.950. The highest BCUT2D eigenvalue weighted by Crippen LogP contribution is 2.31. The molecular weight excluding hydrogens is 475 g/mol. The van der Waals surface area contributed by atoms with E-state index < -0.39 is 29.8 Å². The van der Waals surface area contributed by atoms with E-state index in [1.54, 1.807) is 18.2 Å². The molecular formula is C22H21Cl2F2N5O2. The zero-order valence-corrected chi connectivity index (χ0v) is 18.8. The fraction of sp³-hybridized carbons (Fsp3) is 0.227. The number of carbonyl (C=O) groups is 1. The van der Waals surface area contributed by atoms with Gasteiger partial charge in [0.05, 0.1) is 23.7 Å². The lowest BCUT2D eigenvalue weighted by Gasteiger charge is -2.17. The van der Waals surface area contributed by atoms with Crippen molar-refractivity contribution in [2.45, 2.75) is 25.4 Å². The topological polar surface area (TPSA) is 113 Å². The molecule has 0 spiro atoms. The van der Waals surface area contributed by atoms with Crippen LogP contribution in [-0.2, 0) is 30.2 Å². The van der Waals surface area contributed by atoms with Gasteiger partial charge in [-0.25, -0.2) is 4.98 Å². The number of carbonyl (C=O) groups excluding carboxylic acids is 1. The number of amides is 1. The van der Waals surface area contributed by atoms with Crippen molar-refractivity contribution in [3.8, 4) is 5.75 Å². The summed E-state index contributed by atoms with van der Waals surface area (Å²) < 4.78 is 28.7. The highest BCUT2D eigenvalue weighted by Gasteiger charge is 2.33. The van der Waals surface area contributed by atoms with Crippen LogP contribution >= 0.6 is 23.2 Å². The summed E-state index contributed by atoms with van der Waals surface area (Å²) in [6, 6.07) is 10.6. The monoisotopic (exact) mass is 495 g/mol. The minimum Gasteiger partial charge on any atom is -0.505 e. The zero-order valence-electron chi connectivity index (χ0n) is 17.3. The normalized spacial score (nSPS) is 11.3. The second kappa shape index (κ2) is 10.7. The van der Waals surface area contributed by atoms with Gasteiger partial charge in [0, 0.05) is 30.4 Å². The average molecular weight is 496 g/mol. The van der Waals surface area contributed by atoms with Gasteiger partial charge in [-0.1, -0.05) is 35.3 Å².